The average molecular weight is 725 g/mol. The zero-order valence-corrected chi connectivity index (χ0v) is 30.2. The molecule has 2 aromatic carbocycles. The van der Waals surface area contributed by atoms with Crippen molar-refractivity contribution in [1.82, 2.24) is 25.1 Å². The van der Waals surface area contributed by atoms with Crippen LogP contribution < -0.4 is 5.32 Å². The Balaban J connectivity index is 1.65. The Morgan fingerprint density at radius 1 is 0.981 bits per heavy atom. The van der Waals surface area contributed by atoms with E-state index in [4.69, 9.17) is 9.73 Å². The fraction of sp³-hybridized carbons (Fsp3) is 0.474. The van der Waals surface area contributed by atoms with Crippen LogP contribution in [-0.2, 0) is 34.3 Å². The van der Waals surface area contributed by atoms with E-state index in [-0.39, 0.29) is 43.4 Å². The lowest BCUT2D eigenvalue weighted by Gasteiger charge is -2.33. The zero-order chi connectivity index (χ0) is 38.0. The molecule has 0 spiro atoms. The predicted octanol–water partition coefficient (Wildman–Crippen LogP) is 8.08. The summed E-state index contributed by atoms with van der Waals surface area (Å²) in [6, 6.07) is 7.72. The van der Waals surface area contributed by atoms with Crippen molar-refractivity contribution in [3.05, 3.63) is 94.3 Å². The van der Waals surface area contributed by atoms with Gasteiger partial charge in [-0.2, -0.15) is 13.2 Å². The minimum absolute atomic E-state index is 0.0138. The quantitative estimate of drug-likeness (QED) is 0.212. The van der Waals surface area contributed by atoms with Gasteiger partial charge in [-0.05, 0) is 81.3 Å². The van der Waals surface area contributed by atoms with Crippen molar-refractivity contribution in [2.75, 3.05) is 0 Å². The molecule has 5 rings (SSSR count). The molecule has 2 atom stereocenters. The van der Waals surface area contributed by atoms with E-state index in [0.717, 1.165) is 6.07 Å². The van der Waals surface area contributed by atoms with Gasteiger partial charge in [0.1, 0.15) is 11.4 Å². The van der Waals surface area contributed by atoms with Crippen LogP contribution in [-0.4, -0.2) is 49.2 Å². The fourth-order valence-corrected chi connectivity index (χ4v) is 6.50. The van der Waals surface area contributed by atoms with Gasteiger partial charge < -0.3 is 9.64 Å². The molecule has 3 aromatic rings. The molecule has 3 amide bonds. The molecule has 0 saturated carbocycles. The van der Waals surface area contributed by atoms with E-state index >= 15 is 4.79 Å². The molecule has 10 nitrogen and oxygen atoms in total. The smallest absolute Gasteiger partial charge is 0.417 e. The van der Waals surface area contributed by atoms with Crippen molar-refractivity contribution < 1.29 is 36.7 Å². The minimum atomic E-state index is -4.87. The summed E-state index contributed by atoms with van der Waals surface area (Å²) in [7, 11) is 0. The zero-order valence-electron chi connectivity index (χ0n) is 30.2. The lowest BCUT2D eigenvalue weighted by molar-refractivity contribution is -0.138. The molecule has 0 aliphatic carbocycles. The van der Waals surface area contributed by atoms with Crippen LogP contribution in [0.25, 0.3) is 0 Å². The summed E-state index contributed by atoms with van der Waals surface area (Å²) in [5.74, 6) is -1.95. The van der Waals surface area contributed by atoms with Crippen LogP contribution in [0, 0.1) is 11.7 Å². The van der Waals surface area contributed by atoms with Crippen LogP contribution in [0.1, 0.15) is 118 Å². The molecular weight excluding hydrogens is 680 g/mol. The predicted molar refractivity (Wildman–Crippen MR) is 185 cm³/mol. The molecule has 2 aliphatic heterocycles. The highest BCUT2D eigenvalue weighted by molar-refractivity contribution is 6.11. The largest absolute Gasteiger partial charge is 0.444 e. The first-order valence-electron chi connectivity index (χ1n) is 17.4. The fourth-order valence-electron chi connectivity index (χ4n) is 6.50. The second-order valence-corrected chi connectivity index (χ2v) is 14.6. The maximum Gasteiger partial charge on any atom is 0.417 e. The number of nitrogens with one attached hydrogen (secondary N) is 1. The highest BCUT2D eigenvalue weighted by atomic mass is 19.4. The Morgan fingerprint density at radius 2 is 1.62 bits per heavy atom. The van der Waals surface area contributed by atoms with Crippen LogP contribution in [0.4, 0.5) is 22.4 Å². The first-order valence-corrected chi connectivity index (χ1v) is 17.4. The molecule has 0 fully saturated rings. The summed E-state index contributed by atoms with van der Waals surface area (Å²) in [5.41, 5.74) is -2.60. The number of alkyl carbamates (subject to hydrolysis) is 1. The molecule has 3 heterocycles. The first-order chi connectivity index (χ1) is 24.4. The maximum absolute atomic E-state index is 15.0. The number of aliphatic imine (C=N–C) groups is 1. The number of amides is 3. The lowest BCUT2D eigenvalue weighted by Crippen LogP contribution is -2.49. The third-order valence-corrected chi connectivity index (χ3v) is 9.05. The number of carbonyl (C=O) groups excluding carboxylic acids is 3. The Morgan fingerprint density at radius 3 is 2.17 bits per heavy atom. The number of ether oxygens (including phenoxy) is 1. The number of carbonyl (C=O) groups is 3. The molecule has 1 N–H and O–H groups in total. The third-order valence-electron chi connectivity index (χ3n) is 9.05. The monoisotopic (exact) mass is 724 g/mol. The Labute approximate surface area is 300 Å². The minimum Gasteiger partial charge on any atom is -0.444 e. The summed E-state index contributed by atoms with van der Waals surface area (Å²) in [6.07, 6.45) is -0.671. The number of nitrogens with zero attached hydrogens (tertiary/aromatic N) is 5. The Hall–Kier alpha value is -4.88. The van der Waals surface area contributed by atoms with E-state index in [1.807, 2.05) is 20.8 Å². The van der Waals surface area contributed by atoms with Crippen LogP contribution in [0.3, 0.4) is 0 Å². The maximum atomic E-state index is 15.0. The first kappa shape index (κ1) is 38.4. The van der Waals surface area contributed by atoms with Crippen LogP contribution in [0.2, 0.25) is 0 Å². The molecule has 1 unspecified atom stereocenters. The van der Waals surface area contributed by atoms with Gasteiger partial charge in [-0.1, -0.05) is 51.8 Å². The van der Waals surface area contributed by atoms with Gasteiger partial charge in [0.25, 0.3) is 11.8 Å². The summed E-state index contributed by atoms with van der Waals surface area (Å²) in [5, 5.41) is 2.64. The summed E-state index contributed by atoms with van der Waals surface area (Å²) >= 11 is 0. The van der Waals surface area contributed by atoms with Crippen LogP contribution in [0.5, 0.6) is 0 Å². The van der Waals surface area contributed by atoms with Crippen molar-refractivity contribution >= 4 is 23.9 Å². The third kappa shape index (κ3) is 8.26. The van der Waals surface area contributed by atoms with Crippen molar-refractivity contribution in [3.63, 3.8) is 0 Å². The molecule has 0 radical (unpaired) electrons. The number of aromatic nitrogens is 2. The standard InChI is InChI=1S/C38H44F4N6O4/c1-7-8-9-31(24-10-15-28(38(40,41)42)27(20-24)32(49)47-21-29-30(22-47)44-19-18-43-29)48-33(50)37(17-16-23(2)3,25-11-13-26(39)14-12-25)46-34(48)45-35(51)52-36(4,5)6/h10-15,18-20,23,31H,7-9,16-17,21-22H2,1-6H3,(H,45,46,51)/t31?,37-/m1/s1. The number of guanidine groups is 1. The summed E-state index contributed by atoms with van der Waals surface area (Å²) in [4.78, 5) is 58.0. The van der Waals surface area contributed by atoms with Gasteiger partial charge in [0, 0.05) is 12.4 Å². The molecular formula is C38H44F4N6O4. The SMILES string of the molecule is CCCCC(c1ccc(C(F)(F)F)c(C(=O)N2Cc3nccnc3C2)c1)N1C(=O)[C@@](CCC(C)C)(c2ccc(F)cc2)N=C1NC(=O)OC(C)(C)C. The number of alkyl halides is 3. The van der Waals surface area contributed by atoms with E-state index in [1.54, 1.807) is 20.8 Å². The molecule has 1 aromatic heterocycles. The summed E-state index contributed by atoms with van der Waals surface area (Å²) in [6.45, 7) is 10.9. The van der Waals surface area contributed by atoms with E-state index in [0.29, 0.717) is 36.2 Å². The van der Waals surface area contributed by atoms with Gasteiger partial charge in [0.15, 0.2) is 5.54 Å². The van der Waals surface area contributed by atoms with E-state index in [2.05, 4.69) is 15.3 Å². The Kier molecular flexibility index (Phi) is 11.1. The average Bonchev–Trinajstić information content (AvgIpc) is 3.62. The molecule has 52 heavy (non-hydrogen) atoms. The van der Waals surface area contributed by atoms with Crippen molar-refractivity contribution in [2.45, 2.75) is 110 Å². The number of hydrogen-bond acceptors (Lipinski definition) is 7. The van der Waals surface area contributed by atoms with Gasteiger partial charge >= 0.3 is 12.3 Å². The number of fused-ring (bicyclic) bond motifs is 1. The topological polar surface area (TPSA) is 117 Å². The van der Waals surface area contributed by atoms with E-state index < -0.39 is 58.2 Å². The highest BCUT2D eigenvalue weighted by Gasteiger charge is 2.52. The molecule has 0 saturated heterocycles. The van der Waals surface area contributed by atoms with Crippen molar-refractivity contribution in [2.24, 2.45) is 10.9 Å². The van der Waals surface area contributed by atoms with Gasteiger partial charge in [-0.25, -0.2) is 14.2 Å². The number of rotatable bonds is 10. The lowest BCUT2D eigenvalue weighted by atomic mass is 9.83. The van der Waals surface area contributed by atoms with Gasteiger partial charge in [0.2, 0.25) is 5.96 Å². The molecule has 278 valence electrons. The number of hydrogen-bond donors (Lipinski definition) is 1. The Bertz CT molecular complexity index is 1820. The second-order valence-electron chi connectivity index (χ2n) is 14.6. The summed E-state index contributed by atoms with van der Waals surface area (Å²) < 4.78 is 63.2. The van der Waals surface area contributed by atoms with E-state index in [9.17, 15) is 27.2 Å². The number of benzene rings is 2. The normalized spacial score (nSPS) is 18.1. The van der Waals surface area contributed by atoms with Crippen LogP contribution in [0.15, 0.2) is 59.9 Å². The second kappa shape index (κ2) is 15.0. The molecule has 0 bridgehead atoms. The van der Waals surface area contributed by atoms with Gasteiger partial charge in [-0.3, -0.25) is 29.8 Å². The molecule has 14 heteroatoms. The van der Waals surface area contributed by atoms with Gasteiger partial charge in [0.05, 0.1) is 41.6 Å². The van der Waals surface area contributed by atoms with E-state index in [1.165, 1.54) is 58.6 Å². The number of halogens is 4. The van der Waals surface area contributed by atoms with Crippen LogP contribution >= 0.6 is 0 Å². The van der Waals surface area contributed by atoms with Crippen molar-refractivity contribution in [1.29, 1.82) is 0 Å². The molecule has 2 aliphatic rings. The highest BCUT2D eigenvalue weighted by Crippen LogP contribution is 2.44. The van der Waals surface area contributed by atoms with Crippen molar-refractivity contribution in [3.8, 4) is 0 Å². The van der Waals surface area contributed by atoms with Gasteiger partial charge in [-0.15, -0.1) is 0 Å². The number of unbranched alkanes of at least 4 members (excludes halogenated alkanes) is 1.